The van der Waals surface area contributed by atoms with Crippen molar-refractivity contribution in [3.63, 3.8) is 0 Å². The molecule has 1 fully saturated rings. The van der Waals surface area contributed by atoms with Crippen LogP contribution >= 0.6 is 24.0 Å². The van der Waals surface area contributed by atoms with Crippen molar-refractivity contribution < 1.29 is 0 Å². The lowest BCUT2D eigenvalue weighted by molar-refractivity contribution is 0.581. The molecule has 0 amide bonds. The molecule has 2 N–H and O–H groups in total. The highest BCUT2D eigenvalue weighted by Crippen LogP contribution is 2.39. The molecule has 5 rings (SSSR count). The summed E-state index contributed by atoms with van der Waals surface area (Å²) in [6, 6.07) is 22.8. The normalized spacial score (nSPS) is 18.3. The van der Waals surface area contributed by atoms with Crippen LogP contribution in [0.1, 0.15) is 24.0 Å². The van der Waals surface area contributed by atoms with E-state index in [4.69, 9.17) is 12.2 Å². The van der Waals surface area contributed by atoms with Gasteiger partial charge in [-0.3, -0.25) is 0 Å². The summed E-state index contributed by atoms with van der Waals surface area (Å²) in [7, 11) is 0. The van der Waals surface area contributed by atoms with Gasteiger partial charge in [0, 0.05) is 21.9 Å². The van der Waals surface area contributed by atoms with E-state index in [1.165, 1.54) is 44.5 Å². The lowest BCUT2D eigenvalue weighted by atomic mass is 9.85. The van der Waals surface area contributed by atoms with Crippen molar-refractivity contribution >= 4 is 39.9 Å². The molecule has 2 aliphatic rings. The van der Waals surface area contributed by atoms with Gasteiger partial charge in [-0.05, 0) is 78.0 Å². The van der Waals surface area contributed by atoms with Crippen LogP contribution < -0.4 is 10.6 Å². The fraction of sp³-hybridized carbons (Fsp3) is 0.261. The SMILES string of the molecule is S=C(NC1CC1)NC1Cc2cccc3ccc(Sc4ccccc4)c(c23)C1. The summed E-state index contributed by atoms with van der Waals surface area (Å²) >= 11 is 7.40. The van der Waals surface area contributed by atoms with E-state index in [2.05, 4.69) is 71.3 Å². The van der Waals surface area contributed by atoms with Gasteiger partial charge in [-0.15, -0.1) is 0 Å². The molecule has 27 heavy (non-hydrogen) atoms. The second kappa shape index (κ2) is 7.17. The molecule has 2 nitrogen and oxygen atoms in total. The fourth-order valence-electron chi connectivity index (χ4n) is 3.93. The van der Waals surface area contributed by atoms with Gasteiger partial charge in [0.15, 0.2) is 5.11 Å². The smallest absolute Gasteiger partial charge is 0.166 e. The lowest BCUT2D eigenvalue weighted by Gasteiger charge is -2.29. The van der Waals surface area contributed by atoms with Crippen LogP contribution in [0.3, 0.4) is 0 Å². The van der Waals surface area contributed by atoms with Crippen LogP contribution in [0.2, 0.25) is 0 Å². The van der Waals surface area contributed by atoms with Gasteiger partial charge < -0.3 is 10.6 Å². The number of hydrogen-bond donors (Lipinski definition) is 2. The minimum Gasteiger partial charge on any atom is -0.360 e. The Morgan fingerprint density at radius 1 is 0.852 bits per heavy atom. The Bertz CT molecular complexity index is 996. The summed E-state index contributed by atoms with van der Waals surface area (Å²) in [4.78, 5) is 2.64. The maximum Gasteiger partial charge on any atom is 0.166 e. The van der Waals surface area contributed by atoms with Gasteiger partial charge in [0.25, 0.3) is 0 Å². The van der Waals surface area contributed by atoms with Crippen LogP contribution in [0.15, 0.2) is 70.5 Å². The van der Waals surface area contributed by atoms with Crippen molar-refractivity contribution in [3.8, 4) is 0 Å². The third kappa shape index (κ3) is 3.69. The first-order valence-corrected chi connectivity index (χ1v) is 10.8. The van der Waals surface area contributed by atoms with E-state index in [0.29, 0.717) is 12.1 Å². The Morgan fingerprint density at radius 3 is 2.48 bits per heavy atom. The van der Waals surface area contributed by atoms with E-state index < -0.39 is 0 Å². The molecular formula is C23H22N2S2. The molecule has 0 radical (unpaired) electrons. The predicted octanol–water partition coefficient (Wildman–Crippen LogP) is 5.08. The zero-order valence-electron chi connectivity index (χ0n) is 15.1. The summed E-state index contributed by atoms with van der Waals surface area (Å²) < 4.78 is 0. The topological polar surface area (TPSA) is 24.1 Å². The van der Waals surface area contributed by atoms with Gasteiger partial charge in [0.05, 0.1) is 0 Å². The molecule has 136 valence electrons. The van der Waals surface area contributed by atoms with Gasteiger partial charge in [-0.2, -0.15) is 0 Å². The molecule has 0 saturated heterocycles. The first-order chi connectivity index (χ1) is 13.3. The molecule has 0 heterocycles. The summed E-state index contributed by atoms with van der Waals surface area (Å²) in [5, 5.41) is 10.6. The highest BCUT2D eigenvalue weighted by atomic mass is 32.2. The van der Waals surface area contributed by atoms with E-state index in [1.54, 1.807) is 0 Å². The number of nitrogens with one attached hydrogen (secondary N) is 2. The van der Waals surface area contributed by atoms with Crippen LogP contribution in [0.5, 0.6) is 0 Å². The van der Waals surface area contributed by atoms with Gasteiger partial charge >= 0.3 is 0 Å². The first kappa shape index (κ1) is 17.1. The third-order valence-electron chi connectivity index (χ3n) is 5.33. The molecule has 1 atom stereocenters. The van der Waals surface area contributed by atoms with Crippen molar-refractivity contribution in [3.05, 3.63) is 71.8 Å². The standard InChI is InChI=1S/C23H22N2S2/c26-23(24-17-10-11-17)25-18-13-16-6-4-5-15-9-12-21(20(14-18)22(15)16)27-19-7-2-1-3-8-19/h1-9,12,17-18H,10-11,13-14H2,(H2,24,25,26). The van der Waals surface area contributed by atoms with Crippen LogP contribution in [-0.2, 0) is 12.8 Å². The van der Waals surface area contributed by atoms with Crippen LogP contribution in [0, 0.1) is 0 Å². The highest BCUT2D eigenvalue weighted by Gasteiger charge is 2.26. The summed E-state index contributed by atoms with van der Waals surface area (Å²) in [6.07, 6.45) is 4.52. The van der Waals surface area contributed by atoms with Gasteiger partial charge in [0.1, 0.15) is 0 Å². The van der Waals surface area contributed by atoms with Crippen molar-refractivity contribution in [2.75, 3.05) is 0 Å². The van der Waals surface area contributed by atoms with Crippen molar-refractivity contribution in [2.24, 2.45) is 0 Å². The van der Waals surface area contributed by atoms with Crippen LogP contribution in [0.4, 0.5) is 0 Å². The van der Waals surface area contributed by atoms with Gasteiger partial charge in [0.2, 0.25) is 0 Å². The molecule has 3 aromatic carbocycles. The number of thiocarbonyl (C=S) groups is 1. The largest absolute Gasteiger partial charge is 0.360 e. The highest BCUT2D eigenvalue weighted by molar-refractivity contribution is 7.99. The quantitative estimate of drug-likeness (QED) is 0.606. The van der Waals surface area contributed by atoms with Crippen LogP contribution in [0.25, 0.3) is 10.8 Å². The molecule has 1 unspecified atom stereocenters. The first-order valence-electron chi connectivity index (χ1n) is 9.60. The Hall–Kier alpha value is -2.04. The van der Waals surface area contributed by atoms with Crippen LogP contribution in [-0.4, -0.2) is 17.2 Å². The molecule has 4 heteroatoms. The van der Waals surface area contributed by atoms with Crippen molar-refractivity contribution in [1.29, 1.82) is 0 Å². The van der Waals surface area contributed by atoms with Crippen molar-refractivity contribution in [2.45, 2.75) is 47.6 Å². The van der Waals surface area contributed by atoms with Gasteiger partial charge in [-0.1, -0.05) is 54.2 Å². The Balaban J connectivity index is 1.47. The van der Waals surface area contributed by atoms with E-state index in [-0.39, 0.29) is 0 Å². The zero-order chi connectivity index (χ0) is 18.2. The zero-order valence-corrected chi connectivity index (χ0v) is 16.7. The molecule has 0 aromatic heterocycles. The Kier molecular flexibility index (Phi) is 4.54. The Morgan fingerprint density at radius 2 is 1.67 bits per heavy atom. The summed E-state index contributed by atoms with van der Waals surface area (Å²) in [5.74, 6) is 0. The minimum absolute atomic E-state index is 0.347. The fourth-order valence-corrected chi connectivity index (χ4v) is 5.25. The Labute approximate surface area is 169 Å². The molecule has 3 aromatic rings. The minimum atomic E-state index is 0.347. The molecule has 0 aliphatic heterocycles. The average molecular weight is 391 g/mol. The molecule has 2 aliphatic carbocycles. The number of hydrogen-bond acceptors (Lipinski definition) is 2. The van der Waals surface area contributed by atoms with Gasteiger partial charge in [-0.25, -0.2) is 0 Å². The second-order valence-corrected chi connectivity index (χ2v) is 8.99. The van der Waals surface area contributed by atoms with Crippen molar-refractivity contribution in [1.82, 2.24) is 10.6 Å². The average Bonchev–Trinajstić information content (AvgIpc) is 3.48. The second-order valence-electron chi connectivity index (χ2n) is 7.47. The third-order valence-corrected chi connectivity index (χ3v) is 6.68. The molecule has 0 bridgehead atoms. The van der Waals surface area contributed by atoms with E-state index in [9.17, 15) is 0 Å². The number of benzene rings is 3. The summed E-state index contributed by atoms with van der Waals surface area (Å²) in [5.41, 5.74) is 2.88. The summed E-state index contributed by atoms with van der Waals surface area (Å²) in [6.45, 7) is 0. The van der Waals surface area contributed by atoms with E-state index >= 15 is 0 Å². The predicted molar refractivity (Wildman–Crippen MR) is 118 cm³/mol. The maximum absolute atomic E-state index is 5.54. The van der Waals surface area contributed by atoms with E-state index in [1.807, 2.05) is 11.8 Å². The molecule has 1 saturated carbocycles. The number of rotatable bonds is 4. The maximum atomic E-state index is 5.54. The van der Waals surface area contributed by atoms with E-state index in [0.717, 1.165) is 18.0 Å². The molecular weight excluding hydrogens is 368 g/mol. The lowest BCUT2D eigenvalue weighted by Crippen LogP contribution is -2.45. The molecule has 0 spiro atoms. The monoisotopic (exact) mass is 390 g/mol.